The average molecular weight is 188 g/mol. The number of carbonyl (C=O) groups excluding carboxylic acids is 1. The summed E-state index contributed by atoms with van der Waals surface area (Å²) >= 11 is 0. The van der Waals surface area contributed by atoms with Crippen LogP contribution in [0, 0.1) is 0 Å². The highest BCUT2D eigenvalue weighted by Crippen LogP contribution is 2.18. The molecule has 0 aromatic heterocycles. The number of carbonyl (C=O) groups is 1. The molecule has 0 aromatic carbocycles. The molecule has 0 bridgehead atoms. The van der Waals surface area contributed by atoms with Crippen molar-refractivity contribution in [1.82, 2.24) is 5.32 Å². The van der Waals surface area contributed by atoms with Gasteiger partial charge >= 0.3 is 0 Å². The Balaban J connectivity index is 2.22. The van der Waals surface area contributed by atoms with Crippen LogP contribution in [0.1, 0.15) is 19.3 Å². The molecular weight excluding hydrogens is 172 g/mol. The molecule has 1 fully saturated rings. The van der Waals surface area contributed by atoms with E-state index in [0.717, 1.165) is 19.3 Å². The number of aliphatic hydroxyl groups is 2. The molecule has 0 aromatic rings. The number of hydrogen-bond acceptors (Lipinski definition) is 4. The number of nitrogens with two attached hydrogens (primary N) is 1. The fourth-order valence-corrected chi connectivity index (χ4v) is 1.54. The number of rotatable bonds is 4. The van der Waals surface area contributed by atoms with Crippen molar-refractivity contribution < 1.29 is 15.0 Å². The number of hydrogen-bond donors (Lipinski definition) is 4. The average Bonchev–Trinajstić information content (AvgIpc) is 2.47. The standard InChI is InChI=1S/C8H16N2O3/c9-8(13)7(12)4-10-5-2-1-3-6(5)11/h5-7,10-12H,1-4H2,(H2,9,13)/t5-,6-,7?/m0/s1. The summed E-state index contributed by atoms with van der Waals surface area (Å²) in [6, 6.07) is -0.00556. The highest BCUT2D eigenvalue weighted by Gasteiger charge is 2.25. The van der Waals surface area contributed by atoms with Crippen LogP contribution in [-0.2, 0) is 4.79 Å². The highest BCUT2D eigenvalue weighted by molar-refractivity contribution is 5.78. The highest BCUT2D eigenvalue weighted by atomic mass is 16.3. The molecule has 1 aliphatic rings. The summed E-state index contributed by atoms with van der Waals surface area (Å²) in [6.07, 6.45) is 1.12. The van der Waals surface area contributed by atoms with Crippen LogP contribution in [0.15, 0.2) is 0 Å². The first-order valence-corrected chi connectivity index (χ1v) is 4.50. The second-order valence-corrected chi connectivity index (χ2v) is 3.43. The predicted octanol–water partition coefficient (Wildman–Crippen LogP) is -1.66. The van der Waals surface area contributed by atoms with Gasteiger partial charge in [-0.05, 0) is 19.3 Å². The normalized spacial score (nSPS) is 30.3. The zero-order chi connectivity index (χ0) is 9.84. The van der Waals surface area contributed by atoms with Crippen LogP contribution in [0.25, 0.3) is 0 Å². The Labute approximate surface area is 76.9 Å². The van der Waals surface area contributed by atoms with E-state index in [1.54, 1.807) is 0 Å². The van der Waals surface area contributed by atoms with Gasteiger partial charge in [-0.2, -0.15) is 0 Å². The summed E-state index contributed by atoms with van der Waals surface area (Å²) in [6.45, 7) is 0.122. The van der Waals surface area contributed by atoms with E-state index in [-0.39, 0.29) is 18.7 Å². The summed E-state index contributed by atoms with van der Waals surface area (Å²) < 4.78 is 0. The third-order valence-corrected chi connectivity index (χ3v) is 2.38. The zero-order valence-electron chi connectivity index (χ0n) is 7.44. The molecule has 5 heteroatoms. The lowest BCUT2D eigenvalue weighted by Gasteiger charge is -2.17. The van der Waals surface area contributed by atoms with Gasteiger partial charge in [0.1, 0.15) is 6.10 Å². The third-order valence-electron chi connectivity index (χ3n) is 2.38. The summed E-state index contributed by atoms with van der Waals surface area (Å²) in [5.41, 5.74) is 4.86. The van der Waals surface area contributed by atoms with Crippen molar-refractivity contribution in [2.45, 2.75) is 37.5 Å². The van der Waals surface area contributed by atoms with E-state index in [1.165, 1.54) is 0 Å². The molecule has 0 spiro atoms. The minimum absolute atomic E-state index is 0.00556. The van der Waals surface area contributed by atoms with Crippen molar-refractivity contribution in [3.8, 4) is 0 Å². The molecule has 0 radical (unpaired) electrons. The Hall–Kier alpha value is -0.650. The van der Waals surface area contributed by atoms with Gasteiger partial charge in [-0.1, -0.05) is 0 Å². The molecule has 5 nitrogen and oxygen atoms in total. The van der Waals surface area contributed by atoms with Crippen molar-refractivity contribution in [3.05, 3.63) is 0 Å². The van der Waals surface area contributed by atoms with Crippen LogP contribution in [0.2, 0.25) is 0 Å². The van der Waals surface area contributed by atoms with Gasteiger partial charge in [-0.3, -0.25) is 4.79 Å². The molecule has 1 amide bonds. The summed E-state index contributed by atoms with van der Waals surface area (Å²) in [5, 5.41) is 21.3. The van der Waals surface area contributed by atoms with Crippen LogP contribution < -0.4 is 11.1 Å². The van der Waals surface area contributed by atoms with Crippen molar-refractivity contribution in [1.29, 1.82) is 0 Å². The molecule has 5 N–H and O–H groups in total. The first-order valence-electron chi connectivity index (χ1n) is 4.50. The van der Waals surface area contributed by atoms with Gasteiger partial charge in [0.25, 0.3) is 0 Å². The molecular formula is C8H16N2O3. The van der Waals surface area contributed by atoms with E-state index < -0.39 is 12.0 Å². The molecule has 76 valence electrons. The van der Waals surface area contributed by atoms with Crippen LogP contribution in [-0.4, -0.2) is 40.9 Å². The topological polar surface area (TPSA) is 95.6 Å². The third kappa shape index (κ3) is 2.95. The zero-order valence-corrected chi connectivity index (χ0v) is 7.44. The van der Waals surface area contributed by atoms with Crippen molar-refractivity contribution in [2.75, 3.05) is 6.54 Å². The first-order chi connectivity index (χ1) is 6.11. The molecule has 13 heavy (non-hydrogen) atoms. The van der Waals surface area contributed by atoms with Crippen LogP contribution in [0.5, 0.6) is 0 Å². The van der Waals surface area contributed by atoms with E-state index in [0.29, 0.717) is 0 Å². The minimum atomic E-state index is -1.16. The molecule has 1 unspecified atom stereocenters. The lowest BCUT2D eigenvalue weighted by atomic mass is 10.2. The van der Waals surface area contributed by atoms with E-state index in [9.17, 15) is 9.90 Å². The van der Waals surface area contributed by atoms with Gasteiger partial charge in [0, 0.05) is 12.6 Å². The maximum Gasteiger partial charge on any atom is 0.247 e. The first kappa shape index (κ1) is 10.4. The van der Waals surface area contributed by atoms with Crippen molar-refractivity contribution >= 4 is 5.91 Å². The lowest BCUT2D eigenvalue weighted by molar-refractivity contribution is -0.125. The van der Waals surface area contributed by atoms with Gasteiger partial charge in [-0.15, -0.1) is 0 Å². The summed E-state index contributed by atoms with van der Waals surface area (Å²) in [7, 11) is 0. The number of nitrogens with one attached hydrogen (secondary N) is 1. The van der Waals surface area contributed by atoms with E-state index in [4.69, 9.17) is 10.8 Å². The summed E-state index contributed by atoms with van der Waals surface area (Å²) in [4.78, 5) is 10.5. The summed E-state index contributed by atoms with van der Waals surface area (Å²) in [5.74, 6) is -0.736. The molecule has 1 rings (SSSR count). The Kier molecular flexibility index (Phi) is 3.65. The minimum Gasteiger partial charge on any atom is -0.392 e. The second-order valence-electron chi connectivity index (χ2n) is 3.43. The van der Waals surface area contributed by atoms with Crippen LogP contribution >= 0.6 is 0 Å². The van der Waals surface area contributed by atoms with Crippen molar-refractivity contribution in [3.63, 3.8) is 0 Å². The van der Waals surface area contributed by atoms with Gasteiger partial charge in [-0.25, -0.2) is 0 Å². The Bertz CT molecular complexity index is 186. The van der Waals surface area contributed by atoms with E-state index in [2.05, 4.69) is 5.32 Å². The fraction of sp³-hybridized carbons (Fsp3) is 0.875. The van der Waals surface area contributed by atoms with Crippen LogP contribution in [0.4, 0.5) is 0 Å². The van der Waals surface area contributed by atoms with Crippen LogP contribution in [0.3, 0.4) is 0 Å². The predicted molar refractivity (Wildman–Crippen MR) is 46.8 cm³/mol. The van der Waals surface area contributed by atoms with Crippen molar-refractivity contribution in [2.24, 2.45) is 5.73 Å². The van der Waals surface area contributed by atoms with Gasteiger partial charge < -0.3 is 21.3 Å². The smallest absolute Gasteiger partial charge is 0.247 e. The van der Waals surface area contributed by atoms with E-state index >= 15 is 0 Å². The SMILES string of the molecule is NC(=O)C(O)CN[C@H]1CCC[C@@H]1O. The van der Waals surface area contributed by atoms with Gasteiger partial charge in [0.05, 0.1) is 6.10 Å². The molecule has 1 saturated carbocycles. The maximum atomic E-state index is 10.5. The largest absolute Gasteiger partial charge is 0.392 e. The molecule has 3 atom stereocenters. The van der Waals surface area contributed by atoms with Gasteiger partial charge in [0.15, 0.2) is 0 Å². The fourth-order valence-electron chi connectivity index (χ4n) is 1.54. The second kappa shape index (κ2) is 4.55. The Morgan fingerprint density at radius 3 is 2.77 bits per heavy atom. The molecule has 0 heterocycles. The van der Waals surface area contributed by atoms with E-state index in [1.807, 2.05) is 0 Å². The number of amides is 1. The number of aliphatic hydroxyl groups excluding tert-OH is 2. The Morgan fingerprint density at radius 1 is 1.62 bits per heavy atom. The number of primary amides is 1. The maximum absolute atomic E-state index is 10.5. The monoisotopic (exact) mass is 188 g/mol. The Morgan fingerprint density at radius 2 is 2.31 bits per heavy atom. The molecule has 1 aliphatic carbocycles. The molecule has 0 saturated heterocycles. The quantitative estimate of drug-likeness (QED) is 0.424. The van der Waals surface area contributed by atoms with Gasteiger partial charge in [0.2, 0.25) is 5.91 Å². The lowest BCUT2D eigenvalue weighted by Crippen LogP contribution is -2.44. The molecule has 0 aliphatic heterocycles.